The molecule has 4 amide bonds. The number of anilines is 1. The Bertz CT molecular complexity index is 1010. The molecule has 7 heteroatoms. The van der Waals surface area contributed by atoms with Gasteiger partial charge < -0.3 is 4.74 Å². The average molecular weight is 397 g/mol. The third-order valence-corrected chi connectivity index (χ3v) is 4.29. The Labute approximate surface area is 167 Å². The summed E-state index contributed by atoms with van der Waals surface area (Å²) in [5.74, 6) is -0.920. The van der Waals surface area contributed by atoms with Crippen molar-refractivity contribution in [3.63, 3.8) is 0 Å². The minimum absolute atomic E-state index is 0.167. The zero-order chi connectivity index (χ0) is 20.3. The lowest BCUT2D eigenvalue weighted by molar-refractivity contribution is -0.122. The largest absolute Gasteiger partial charge is 0.490 e. The maximum Gasteiger partial charge on any atom is 0.335 e. The number of aryl methyl sites for hydroxylation is 1. The highest BCUT2D eigenvalue weighted by Gasteiger charge is 2.37. The SMILES string of the molecule is C=CCOc1cccc(/C=C2/C(=O)NC(=O)N(c3cc(Cl)ccc3C)C2=O)c1. The van der Waals surface area contributed by atoms with Crippen LogP contribution in [0.4, 0.5) is 10.5 Å². The van der Waals surface area contributed by atoms with E-state index in [1.165, 1.54) is 12.1 Å². The lowest BCUT2D eigenvalue weighted by Gasteiger charge is -2.27. The highest BCUT2D eigenvalue weighted by molar-refractivity contribution is 6.39. The van der Waals surface area contributed by atoms with Crippen molar-refractivity contribution in [1.82, 2.24) is 5.32 Å². The Kier molecular flexibility index (Phi) is 5.61. The molecular weight excluding hydrogens is 380 g/mol. The molecule has 2 aromatic carbocycles. The fourth-order valence-electron chi connectivity index (χ4n) is 2.72. The van der Waals surface area contributed by atoms with E-state index in [0.717, 1.165) is 4.90 Å². The van der Waals surface area contributed by atoms with Gasteiger partial charge in [-0.15, -0.1) is 0 Å². The third kappa shape index (κ3) is 3.97. The van der Waals surface area contributed by atoms with E-state index < -0.39 is 17.8 Å². The highest BCUT2D eigenvalue weighted by Crippen LogP contribution is 2.28. The molecule has 0 saturated carbocycles. The third-order valence-electron chi connectivity index (χ3n) is 4.05. The smallest absolute Gasteiger partial charge is 0.335 e. The van der Waals surface area contributed by atoms with E-state index in [9.17, 15) is 14.4 Å². The number of hydrogen-bond acceptors (Lipinski definition) is 4. The van der Waals surface area contributed by atoms with Gasteiger partial charge in [0.15, 0.2) is 0 Å². The summed E-state index contributed by atoms with van der Waals surface area (Å²) < 4.78 is 5.46. The van der Waals surface area contributed by atoms with Gasteiger partial charge in [-0.2, -0.15) is 0 Å². The van der Waals surface area contributed by atoms with Crippen LogP contribution in [0.3, 0.4) is 0 Å². The summed E-state index contributed by atoms with van der Waals surface area (Å²) in [7, 11) is 0. The van der Waals surface area contributed by atoms with E-state index in [2.05, 4.69) is 11.9 Å². The first-order chi connectivity index (χ1) is 13.4. The molecule has 28 heavy (non-hydrogen) atoms. The van der Waals surface area contributed by atoms with Gasteiger partial charge in [-0.05, 0) is 48.4 Å². The summed E-state index contributed by atoms with van der Waals surface area (Å²) >= 11 is 6.01. The number of amides is 4. The molecule has 1 N–H and O–H groups in total. The van der Waals surface area contributed by atoms with Crippen molar-refractivity contribution in [1.29, 1.82) is 0 Å². The molecule has 1 fully saturated rings. The van der Waals surface area contributed by atoms with Crippen molar-refractivity contribution in [3.8, 4) is 5.75 Å². The molecule has 0 aliphatic carbocycles. The molecular formula is C21H17ClN2O4. The molecule has 142 valence electrons. The number of halogens is 1. The summed E-state index contributed by atoms with van der Waals surface area (Å²) in [4.78, 5) is 38.5. The molecule has 1 aliphatic heterocycles. The number of carbonyl (C=O) groups excluding carboxylic acids is 3. The number of ether oxygens (including phenoxy) is 1. The molecule has 0 unspecified atom stereocenters. The molecule has 0 bridgehead atoms. The minimum atomic E-state index is -0.819. The number of imide groups is 2. The van der Waals surface area contributed by atoms with Crippen LogP contribution < -0.4 is 15.0 Å². The van der Waals surface area contributed by atoms with Gasteiger partial charge >= 0.3 is 6.03 Å². The molecule has 0 atom stereocenters. The summed E-state index contributed by atoms with van der Waals surface area (Å²) in [6.45, 7) is 5.66. The molecule has 6 nitrogen and oxygen atoms in total. The fraction of sp³-hybridized carbons (Fsp3) is 0.0952. The molecule has 0 radical (unpaired) electrons. The minimum Gasteiger partial charge on any atom is -0.490 e. The van der Waals surface area contributed by atoms with Crippen LogP contribution in [0.25, 0.3) is 6.08 Å². The second-order valence-electron chi connectivity index (χ2n) is 6.06. The van der Waals surface area contributed by atoms with Crippen LogP contribution in [0.1, 0.15) is 11.1 Å². The van der Waals surface area contributed by atoms with Crippen LogP contribution in [-0.4, -0.2) is 24.5 Å². The summed E-state index contributed by atoms with van der Waals surface area (Å²) in [6, 6.07) is 10.9. The summed E-state index contributed by atoms with van der Waals surface area (Å²) in [5.41, 5.74) is 1.40. The van der Waals surface area contributed by atoms with Gasteiger partial charge in [0.1, 0.15) is 17.9 Å². The Morgan fingerprint density at radius 2 is 1.96 bits per heavy atom. The van der Waals surface area contributed by atoms with E-state index >= 15 is 0 Å². The number of urea groups is 1. The lowest BCUT2D eigenvalue weighted by Crippen LogP contribution is -2.54. The monoisotopic (exact) mass is 396 g/mol. The van der Waals surface area contributed by atoms with Gasteiger partial charge in [-0.1, -0.05) is 42.5 Å². The van der Waals surface area contributed by atoms with Gasteiger partial charge in [0.25, 0.3) is 11.8 Å². The maximum absolute atomic E-state index is 13.0. The van der Waals surface area contributed by atoms with Crippen LogP contribution in [-0.2, 0) is 9.59 Å². The molecule has 3 rings (SSSR count). The Morgan fingerprint density at radius 1 is 1.18 bits per heavy atom. The first-order valence-electron chi connectivity index (χ1n) is 8.42. The first kappa shape index (κ1) is 19.4. The topological polar surface area (TPSA) is 75.7 Å². The Hall–Kier alpha value is -3.38. The number of carbonyl (C=O) groups is 3. The second-order valence-corrected chi connectivity index (χ2v) is 6.50. The number of benzene rings is 2. The van der Waals surface area contributed by atoms with Crippen molar-refractivity contribution >= 4 is 41.2 Å². The Balaban J connectivity index is 1.99. The first-order valence-corrected chi connectivity index (χ1v) is 8.80. The molecule has 2 aromatic rings. The molecule has 0 aromatic heterocycles. The Morgan fingerprint density at radius 3 is 2.71 bits per heavy atom. The van der Waals surface area contributed by atoms with Crippen molar-refractivity contribution < 1.29 is 19.1 Å². The van der Waals surface area contributed by atoms with Crippen molar-refractivity contribution in [2.24, 2.45) is 0 Å². The zero-order valence-corrected chi connectivity index (χ0v) is 15.8. The highest BCUT2D eigenvalue weighted by atomic mass is 35.5. The van der Waals surface area contributed by atoms with Crippen LogP contribution in [0.5, 0.6) is 5.75 Å². The fourth-order valence-corrected chi connectivity index (χ4v) is 2.88. The predicted octanol–water partition coefficient (Wildman–Crippen LogP) is 3.88. The number of nitrogens with one attached hydrogen (secondary N) is 1. The average Bonchev–Trinajstić information content (AvgIpc) is 2.66. The second kappa shape index (κ2) is 8.10. The van der Waals surface area contributed by atoms with Gasteiger partial charge in [0, 0.05) is 5.02 Å². The molecule has 1 heterocycles. The number of barbiturate groups is 1. The van der Waals surface area contributed by atoms with Crippen molar-refractivity contribution in [2.45, 2.75) is 6.92 Å². The molecule has 1 aliphatic rings. The van der Waals surface area contributed by atoms with Crippen molar-refractivity contribution in [2.75, 3.05) is 11.5 Å². The number of rotatable bonds is 5. The van der Waals surface area contributed by atoms with E-state index in [0.29, 0.717) is 34.2 Å². The van der Waals surface area contributed by atoms with Crippen LogP contribution >= 0.6 is 11.6 Å². The van der Waals surface area contributed by atoms with Gasteiger partial charge in [0.05, 0.1) is 5.69 Å². The van der Waals surface area contributed by atoms with Gasteiger partial charge in [0.2, 0.25) is 0 Å². The van der Waals surface area contributed by atoms with E-state index in [4.69, 9.17) is 16.3 Å². The summed E-state index contributed by atoms with van der Waals surface area (Å²) in [5, 5.41) is 2.57. The van der Waals surface area contributed by atoms with E-state index in [1.54, 1.807) is 49.4 Å². The van der Waals surface area contributed by atoms with Gasteiger partial charge in [-0.3, -0.25) is 14.9 Å². The van der Waals surface area contributed by atoms with Gasteiger partial charge in [-0.25, -0.2) is 9.69 Å². The lowest BCUT2D eigenvalue weighted by atomic mass is 10.1. The zero-order valence-electron chi connectivity index (χ0n) is 15.1. The number of nitrogens with zero attached hydrogens (tertiary/aromatic N) is 1. The maximum atomic E-state index is 13.0. The summed E-state index contributed by atoms with van der Waals surface area (Å²) in [6.07, 6.45) is 3.03. The standard InChI is InChI=1S/C21H17ClN2O4/c1-3-9-28-16-6-4-5-14(10-16)11-17-19(25)23-21(27)24(20(17)26)18-12-15(22)8-7-13(18)2/h3-8,10-12H,1,9H2,2H3,(H,23,25,27)/b17-11-. The molecule has 0 spiro atoms. The quantitative estimate of drug-likeness (QED) is 0.472. The van der Waals surface area contributed by atoms with Crippen LogP contribution in [0.2, 0.25) is 5.02 Å². The predicted molar refractivity (Wildman–Crippen MR) is 107 cm³/mol. The number of hydrogen-bond donors (Lipinski definition) is 1. The van der Waals surface area contributed by atoms with Crippen LogP contribution in [0, 0.1) is 6.92 Å². The molecule has 1 saturated heterocycles. The van der Waals surface area contributed by atoms with Crippen molar-refractivity contribution in [3.05, 3.63) is 76.8 Å². The van der Waals surface area contributed by atoms with E-state index in [-0.39, 0.29) is 5.57 Å². The van der Waals surface area contributed by atoms with E-state index in [1.807, 2.05) is 0 Å². The normalized spacial score (nSPS) is 15.6. The van der Waals surface area contributed by atoms with Crippen LogP contribution in [0.15, 0.2) is 60.7 Å².